The zero-order valence-corrected chi connectivity index (χ0v) is 11.6. The number of aromatic nitrogens is 1. The SMILES string of the molecule is COC(=O)c1cnc(C2SCCSC2C)s1. The van der Waals surface area contributed by atoms with E-state index in [1.807, 2.05) is 23.5 Å². The Morgan fingerprint density at radius 2 is 2.25 bits per heavy atom. The summed E-state index contributed by atoms with van der Waals surface area (Å²) in [6.45, 7) is 2.22. The highest BCUT2D eigenvalue weighted by atomic mass is 32.2. The third-order valence-corrected chi connectivity index (χ3v) is 6.65. The summed E-state index contributed by atoms with van der Waals surface area (Å²) >= 11 is 5.36. The van der Waals surface area contributed by atoms with Crippen LogP contribution in [0.3, 0.4) is 0 Å². The molecule has 2 unspecified atom stereocenters. The monoisotopic (exact) mass is 275 g/mol. The van der Waals surface area contributed by atoms with Crippen molar-refractivity contribution in [3.8, 4) is 0 Å². The van der Waals surface area contributed by atoms with Crippen LogP contribution in [0.4, 0.5) is 0 Å². The normalized spacial score (nSPS) is 25.4. The van der Waals surface area contributed by atoms with Gasteiger partial charge >= 0.3 is 5.97 Å². The molecule has 1 aliphatic heterocycles. The van der Waals surface area contributed by atoms with E-state index in [4.69, 9.17) is 0 Å². The zero-order chi connectivity index (χ0) is 11.5. The number of nitrogens with zero attached hydrogens (tertiary/aromatic N) is 1. The fraction of sp³-hybridized carbons (Fsp3) is 0.600. The lowest BCUT2D eigenvalue weighted by molar-refractivity contribution is 0.0606. The Morgan fingerprint density at radius 1 is 1.50 bits per heavy atom. The standard InChI is InChI=1S/C10H13NO2S3/c1-6-8(15-4-3-14-6)9-11-5-7(16-9)10(12)13-2/h5-6,8H,3-4H2,1-2H3. The van der Waals surface area contributed by atoms with Crippen molar-refractivity contribution in [1.82, 2.24) is 4.98 Å². The van der Waals surface area contributed by atoms with Gasteiger partial charge in [-0.15, -0.1) is 23.1 Å². The van der Waals surface area contributed by atoms with E-state index in [-0.39, 0.29) is 5.97 Å². The lowest BCUT2D eigenvalue weighted by Gasteiger charge is -2.25. The van der Waals surface area contributed by atoms with Crippen LogP contribution in [0, 0.1) is 0 Å². The first-order valence-corrected chi connectivity index (χ1v) is 7.91. The number of esters is 1. The zero-order valence-electron chi connectivity index (χ0n) is 9.13. The van der Waals surface area contributed by atoms with Crippen molar-refractivity contribution in [2.75, 3.05) is 18.6 Å². The van der Waals surface area contributed by atoms with Gasteiger partial charge in [-0.2, -0.15) is 11.8 Å². The van der Waals surface area contributed by atoms with Crippen molar-refractivity contribution < 1.29 is 9.53 Å². The highest BCUT2D eigenvalue weighted by Gasteiger charge is 2.27. The third-order valence-electron chi connectivity index (χ3n) is 2.34. The van der Waals surface area contributed by atoms with Gasteiger partial charge in [0, 0.05) is 16.8 Å². The number of thioether (sulfide) groups is 2. The molecule has 0 saturated carbocycles. The Bertz CT molecular complexity index is 380. The molecule has 6 heteroatoms. The molecule has 2 rings (SSSR count). The van der Waals surface area contributed by atoms with Crippen molar-refractivity contribution >= 4 is 40.8 Å². The van der Waals surface area contributed by atoms with Crippen LogP contribution in [0.5, 0.6) is 0 Å². The molecule has 1 aromatic heterocycles. The predicted octanol–water partition coefficient (Wildman–Crippen LogP) is 2.84. The molecule has 3 nitrogen and oxygen atoms in total. The molecular weight excluding hydrogens is 262 g/mol. The minimum absolute atomic E-state index is 0.287. The molecule has 2 heterocycles. The molecule has 0 amide bonds. The number of rotatable bonds is 2. The number of carbonyl (C=O) groups excluding carboxylic acids is 1. The molecule has 0 bridgehead atoms. The van der Waals surface area contributed by atoms with Crippen molar-refractivity contribution in [2.24, 2.45) is 0 Å². The van der Waals surface area contributed by atoms with Gasteiger partial charge in [0.2, 0.25) is 0 Å². The highest BCUT2D eigenvalue weighted by molar-refractivity contribution is 8.06. The maximum atomic E-state index is 11.3. The number of thiazole rings is 1. The third kappa shape index (κ3) is 2.55. The maximum absolute atomic E-state index is 11.3. The van der Waals surface area contributed by atoms with Crippen molar-refractivity contribution in [2.45, 2.75) is 17.4 Å². The Balaban J connectivity index is 2.14. The molecule has 1 fully saturated rings. The van der Waals surface area contributed by atoms with Gasteiger partial charge in [0.15, 0.2) is 0 Å². The van der Waals surface area contributed by atoms with Gasteiger partial charge in [-0.1, -0.05) is 6.92 Å². The van der Waals surface area contributed by atoms with Crippen LogP contribution in [0.2, 0.25) is 0 Å². The van der Waals surface area contributed by atoms with E-state index in [2.05, 4.69) is 16.6 Å². The Hall–Kier alpha value is -0.200. The number of methoxy groups -OCH3 is 1. The molecule has 1 saturated heterocycles. The first kappa shape index (κ1) is 12.3. The van der Waals surface area contributed by atoms with E-state index in [1.54, 1.807) is 6.20 Å². The van der Waals surface area contributed by atoms with Crippen LogP contribution in [0.15, 0.2) is 6.20 Å². The van der Waals surface area contributed by atoms with E-state index in [9.17, 15) is 4.79 Å². The summed E-state index contributed by atoms with van der Waals surface area (Å²) in [7, 11) is 1.40. The molecule has 1 aromatic rings. The fourth-order valence-corrected chi connectivity index (χ4v) is 5.52. The summed E-state index contributed by atoms with van der Waals surface area (Å²) in [5.74, 6) is 2.08. The second-order valence-corrected chi connectivity index (χ2v) is 7.22. The fourth-order valence-electron chi connectivity index (χ4n) is 1.52. The Morgan fingerprint density at radius 3 is 2.94 bits per heavy atom. The minimum atomic E-state index is -0.287. The van der Waals surface area contributed by atoms with Crippen LogP contribution in [0.1, 0.15) is 26.9 Å². The Labute approximate surface area is 107 Å². The van der Waals surface area contributed by atoms with E-state index in [1.165, 1.54) is 24.2 Å². The smallest absolute Gasteiger partial charge is 0.349 e. The number of hydrogen-bond donors (Lipinski definition) is 0. The average Bonchev–Trinajstić information content (AvgIpc) is 2.78. The molecular formula is C10H13NO2S3. The molecule has 0 N–H and O–H groups in total. The van der Waals surface area contributed by atoms with Crippen LogP contribution >= 0.6 is 34.9 Å². The molecule has 88 valence electrons. The average molecular weight is 275 g/mol. The van der Waals surface area contributed by atoms with Crippen molar-refractivity contribution in [3.63, 3.8) is 0 Å². The van der Waals surface area contributed by atoms with Gasteiger partial charge in [0.1, 0.15) is 9.88 Å². The molecule has 0 radical (unpaired) electrons. The van der Waals surface area contributed by atoms with Crippen LogP contribution in [0.25, 0.3) is 0 Å². The molecule has 0 aliphatic carbocycles. The van der Waals surface area contributed by atoms with Gasteiger partial charge < -0.3 is 4.74 Å². The van der Waals surface area contributed by atoms with E-state index in [0.717, 1.165) is 10.8 Å². The largest absolute Gasteiger partial charge is 0.465 e. The van der Waals surface area contributed by atoms with E-state index >= 15 is 0 Å². The minimum Gasteiger partial charge on any atom is -0.465 e. The van der Waals surface area contributed by atoms with Crippen molar-refractivity contribution in [3.05, 3.63) is 16.1 Å². The quantitative estimate of drug-likeness (QED) is 0.776. The lowest BCUT2D eigenvalue weighted by atomic mass is 10.3. The lowest BCUT2D eigenvalue weighted by Crippen LogP contribution is -2.15. The first-order valence-electron chi connectivity index (χ1n) is 4.99. The second kappa shape index (κ2) is 5.42. The molecule has 0 spiro atoms. The molecule has 16 heavy (non-hydrogen) atoms. The number of ether oxygens (including phenoxy) is 1. The van der Waals surface area contributed by atoms with Crippen LogP contribution < -0.4 is 0 Å². The molecule has 1 aliphatic rings. The summed E-state index contributed by atoms with van der Waals surface area (Å²) in [5.41, 5.74) is 0. The summed E-state index contributed by atoms with van der Waals surface area (Å²) in [4.78, 5) is 16.3. The maximum Gasteiger partial charge on any atom is 0.349 e. The van der Waals surface area contributed by atoms with Gasteiger partial charge in [-0.3, -0.25) is 0 Å². The van der Waals surface area contributed by atoms with Crippen LogP contribution in [-0.2, 0) is 4.74 Å². The number of carbonyl (C=O) groups is 1. The number of hydrogen-bond acceptors (Lipinski definition) is 6. The first-order chi connectivity index (χ1) is 7.72. The summed E-state index contributed by atoms with van der Waals surface area (Å²) < 4.78 is 4.68. The van der Waals surface area contributed by atoms with E-state index in [0.29, 0.717) is 15.4 Å². The summed E-state index contributed by atoms with van der Waals surface area (Å²) in [6.07, 6.45) is 1.62. The second-order valence-electron chi connectivity index (χ2n) is 3.42. The van der Waals surface area contributed by atoms with Gasteiger partial charge in [0.05, 0.1) is 18.6 Å². The molecule has 0 aromatic carbocycles. The van der Waals surface area contributed by atoms with Gasteiger partial charge in [-0.05, 0) is 0 Å². The van der Waals surface area contributed by atoms with Crippen molar-refractivity contribution in [1.29, 1.82) is 0 Å². The predicted molar refractivity (Wildman–Crippen MR) is 70.6 cm³/mol. The topological polar surface area (TPSA) is 39.2 Å². The van der Waals surface area contributed by atoms with E-state index < -0.39 is 0 Å². The molecule has 2 atom stereocenters. The van der Waals surface area contributed by atoms with Crippen LogP contribution in [-0.4, -0.2) is 34.8 Å². The Kier molecular flexibility index (Phi) is 4.16. The highest BCUT2D eigenvalue weighted by Crippen LogP contribution is 2.43. The summed E-state index contributed by atoms with van der Waals surface area (Å²) in [5, 5.41) is 2.03. The summed E-state index contributed by atoms with van der Waals surface area (Å²) in [6, 6.07) is 0. The van der Waals surface area contributed by atoms with Gasteiger partial charge in [-0.25, -0.2) is 9.78 Å². The van der Waals surface area contributed by atoms with Gasteiger partial charge in [0.25, 0.3) is 0 Å².